The number of ether oxygens (including phenoxy) is 2. The lowest BCUT2D eigenvalue weighted by atomic mass is 10.2. The number of nitrogens with one attached hydrogen (secondary N) is 1. The van der Waals surface area contributed by atoms with Crippen LogP contribution >= 0.6 is 15.9 Å². The van der Waals surface area contributed by atoms with E-state index in [0.29, 0.717) is 33.1 Å². The molecule has 2 aromatic heterocycles. The van der Waals surface area contributed by atoms with Gasteiger partial charge in [-0.2, -0.15) is 5.10 Å². The third-order valence-electron chi connectivity index (χ3n) is 4.55. The van der Waals surface area contributed by atoms with Crippen LogP contribution in [-0.2, 0) is 13.2 Å². The molecule has 0 aliphatic rings. The predicted molar refractivity (Wildman–Crippen MR) is 119 cm³/mol. The lowest BCUT2D eigenvalue weighted by molar-refractivity contribution is 0.0992. The molecule has 4 rings (SSSR count). The molecule has 1 amide bonds. The number of hydrogen-bond donors (Lipinski definition) is 1. The molecule has 0 unspecified atom stereocenters. The number of aromatic nitrogens is 2. The third kappa shape index (κ3) is 5.17. The van der Waals surface area contributed by atoms with E-state index in [1.807, 2.05) is 12.1 Å². The smallest absolute Gasteiger partial charge is 0.292 e. The van der Waals surface area contributed by atoms with Crippen molar-refractivity contribution in [2.45, 2.75) is 13.2 Å². The van der Waals surface area contributed by atoms with Crippen molar-refractivity contribution in [1.29, 1.82) is 0 Å². The van der Waals surface area contributed by atoms with Gasteiger partial charge in [-0.1, -0.05) is 24.3 Å². The first-order valence-electron chi connectivity index (χ1n) is 9.65. The Morgan fingerprint density at radius 1 is 1.16 bits per heavy atom. The monoisotopic (exact) mass is 499 g/mol. The molecule has 0 radical (unpaired) electrons. The van der Waals surface area contributed by atoms with E-state index in [-0.39, 0.29) is 24.7 Å². The Balaban J connectivity index is 1.37. The highest BCUT2D eigenvalue weighted by Gasteiger charge is 2.16. The number of nitrogens with zero attached hydrogens (tertiary/aromatic N) is 2. The molecule has 4 aromatic rings. The molecule has 32 heavy (non-hydrogen) atoms. The SMILES string of the molecule is COc1cccc(OCc2ccc(C(=O)Nc3nn(Cc4ccccc4F)cc3Br)o2)c1. The maximum absolute atomic E-state index is 13.9. The third-order valence-corrected chi connectivity index (χ3v) is 5.13. The molecule has 0 bridgehead atoms. The first-order chi connectivity index (χ1) is 15.5. The maximum atomic E-state index is 13.9. The zero-order chi connectivity index (χ0) is 22.5. The molecule has 0 saturated carbocycles. The van der Waals surface area contributed by atoms with Gasteiger partial charge in [-0.05, 0) is 46.3 Å². The molecule has 0 aliphatic heterocycles. The molecule has 7 nitrogen and oxygen atoms in total. The van der Waals surface area contributed by atoms with Gasteiger partial charge in [0.1, 0.15) is 29.7 Å². The van der Waals surface area contributed by atoms with Crippen LogP contribution in [0.2, 0.25) is 0 Å². The molecule has 0 saturated heterocycles. The lowest BCUT2D eigenvalue weighted by Crippen LogP contribution is -2.12. The number of hydrogen-bond acceptors (Lipinski definition) is 5. The standard InChI is InChI=1S/C23H19BrFN3O4/c1-30-16-6-4-7-17(11-16)31-14-18-9-10-21(32-18)23(29)26-22-19(24)13-28(27-22)12-15-5-2-3-8-20(15)25/h2-11,13H,12,14H2,1H3,(H,26,27,29). The number of methoxy groups -OCH3 is 1. The number of rotatable bonds is 8. The van der Waals surface area contributed by atoms with Gasteiger partial charge in [0.05, 0.1) is 18.1 Å². The minimum atomic E-state index is -0.463. The summed E-state index contributed by atoms with van der Waals surface area (Å²) in [6, 6.07) is 16.9. The van der Waals surface area contributed by atoms with Crippen molar-refractivity contribution in [1.82, 2.24) is 9.78 Å². The van der Waals surface area contributed by atoms with Crippen LogP contribution in [0.25, 0.3) is 0 Å². The van der Waals surface area contributed by atoms with Crippen LogP contribution in [0.1, 0.15) is 21.9 Å². The molecule has 2 heterocycles. The number of amides is 1. The van der Waals surface area contributed by atoms with Crippen molar-refractivity contribution < 1.29 is 23.1 Å². The number of carbonyl (C=O) groups excluding carboxylic acids is 1. The Bertz CT molecular complexity index is 1240. The molecule has 2 aromatic carbocycles. The summed E-state index contributed by atoms with van der Waals surface area (Å²) in [5.74, 6) is 1.43. The van der Waals surface area contributed by atoms with Gasteiger partial charge < -0.3 is 19.2 Å². The Morgan fingerprint density at radius 2 is 1.97 bits per heavy atom. The second-order valence-corrected chi connectivity index (χ2v) is 7.66. The van der Waals surface area contributed by atoms with Crippen molar-refractivity contribution in [3.63, 3.8) is 0 Å². The van der Waals surface area contributed by atoms with E-state index in [9.17, 15) is 9.18 Å². The van der Waals surface area contributed by atoms with Crippen LogP contribution in [0, 0.1) is 5.82 Å². The summed E-state index contributed by atoms with van der Waals surface area (Å²) in [5.41, 5.74) is 0.493. The first-order valence-corrected chi connectivity index (χ1v) is 10.4. The predicted octanol–water partition coefficient (Wildman–Crippen LogP) is 5.27. The molecule has 0 fully saturated rings. The quantitative estimate of drug-likeness (QED) is 0.357. The summed E-state index contributed by atoms with van der Waals surface area (Å²) in [4.78, 5) is 12.6. The summed E-state index contributed by atoms with van der Waals surface area (Å²) in [6.45, 7) is 0.384. The van der Waals surface area contributed by atoms with E-state index in [1.54, 1.807) is 55.8 Å². The molecule has 0 spiro atoms. The van der Waals surface area contributed by atoms with E-state index in [2.05, 4.69) is 26.3 Å². The molecule has 9 heteroatoms. The van der Waals surface area contributed by atoms with E-state index < -0.39 is 5.91 Å². The van der Waals surface area contributed by atoms with E-state index >= 15 is 0 Å². The molecule has 164 valence electrons. The minimum Gasteiger partial charge on any atom is -0.497 e. The molecule has 0 aliphatic carbocycles. The van der Waals surface area contributed by atoms with Crippen LogP contribution in [0.5, 0.6) is 11.5 Å². The highest BCUT2D eigenvalue weighted by Crippen LogP contribution is 2.23. The Kier molecular flexibility index (Phi) is 6.55. The first kappa shape index (κ1) is 21.6. The number of anilines is 1. The van der Waals surface area contributed by atoms with Crippen LogP contribution < -0.4 is 14.8 Å². The topological polar surface area (TPSA) is 78.5 Å². The normalized spacial score (nSPS) is 10.7. The van der Waals surface area contributed by atoms with Crippen molar-refractivity contribution in [2.75, 3.05) is 12.4 Å². The zero-order valence-corrected chi connectivity index (χ0v) is 18.6. The highest BCUT2D eigenvalue weighted by atomic mass is 79.9. The average molecular weight is 500 g/mol. The lowest BCUT2D eigenvalue weighted by Gasteiger charge is -2.06. The average Bonchev–Trinajstić information content (AvgIpc) is 3.41. The molecular weight excluding hydrogens is 481 g/mol. The van der Waals surface area contributed by atoms with Gasteiger partial charge in [0.25, 0.3) is 5.91 Å². The van der Waals surface area contributed by atoms with Gasteiger partial charge in [0, 0.05) is 17.8 Å². The maximum Gasteiger partial charge on any atom is 0.292 e. The minimum absolute atomic E-state index is 0.116. The van der Waals surface area contributed by atoms with Gasteiger partial charge in [-0.25, -0.2) is 4.39 Å². The van der Waals surface area contributed by atoms with Gasteiger partial charge in [-0.15, -0.1) is 0 Å². The largest absolute Gasteiger partial charge is 0.497 e. The highest BCUT2D eigenvalue weighted by molar-refractivity contribution is 9.10. The van der Waals surface area contributed by atoms with Crippen molar-refractivity contribution in [3.8, 4) is 11.5 Å². The van der Waals surface area contributed by atoms with E-state index in [1.165, 1.54) is 10.7 Å². The summed E-state index contributed by atoms with van der Waals surface area (Å²) in [7, 11) is 1.58. The number of carbonyl (C=O) groups is 1. The number of benzene rings is 2. The van der Waals surface area contributed by atoms with Crippen molar-refractivity contribution >= 4 is 27.7 Å². The van der Waals surface area contributed by atoms with Crippen LogP contribution in [-0.4, -0.2) is 22.8 Å². The molecule has 0 atom stereocenters. The van der Waals surface area contributed by atoms with Gasteiger partial charge >= 0.3 is 0 Å². The van der Waals surface area contributed by atoms with Gasteiger partial charge in [0.2, 0.25) is 0 Å². The summed E-state index contributed by atoms with van der Waals surface area (Å²) in [5, 5.41) is 6.99. The second kappa shape index (κ2) is 9.69. The number of furan rings is 1. The van der Waals surface area contributed by atoms with Crippen molar-refractivity contribution in [2.24, 2.45) is 0 Å². The summed E-state index contributed by atoms with van der Waals surface area (Å²) >= 11 is 3.37. The summed E-state index contributed by atoms with van der Waals surface area (Å²) < 4.78 is 32.4. The van der Waals surface area contributed by atoms with Crippen LogP contribution in [0.3, 0.4) is 0 Å². The fourth-order valence-electron chi connectivity index (χ4n) is 2.96. The Morgan fingerprint density at radius 3 is 2.78 bits per heavy atom. The fourth-order valence-corrected chi connectivity index (χ4v) is 3.37. The van der Waals surface area contributed by atoms with Crippen molar-refractivity contribution in [3.05, 3.63) is 94.2 Å². The molecule has 1 N–H and O–H groups in total. The molecular formula is C23H19BrFN3O4. The van der Waals surface area contributed by atoms with Crippen LogP contribution in [0.4, 0.5) is 10.2 Å². The van der Waals surface area contributed by atoms with Gasteiger partial charge in [-0.3, -0.25) is 9.48 Å². The van der Waals surface area contributed by atoms with Gasteiger partial charge in [0.15, 0.2) is 11.6 Å². The number of halogens is 2. The van der Waals surface area contributed by atoms with E-state index in [4.69, 9.17) is 13.9 Å². The zero-order valence-electron chi connectivity index (χ0n) is 17.0. The Hall–Kier alpha value is -3.59. The van der Waals surface area contributed by atoms with Crippen LogP contribution in [0.15, 0.2) is 75.8 Å². The fraction of sp³-hybridized carbons (Fsp3) is 0.130. The Labute approximate surface area is 191 Å². The van der Waals surface area contributed by atoms with E-state index in [0.717, 1.165) is 0 Å². The summed E-state index contributed by atoms with van der Waals surface area (Å²) in [6.07, 6.45) is 1.66. The second-order valence-electron chi connectivity index (χ2n) is 6.80.